The molecule has 0 aliphatic heterocycles. The van der Waals surface area contributed by atoms with Gasteiger partial charge >= 0.3 is 11.9 Å². The average molecular weight is 419 g/mol. The van der Waals surface area contributed by atoms with Crippen LogP contribution in [0.2, 0.25) is 0 Å². The molecule has 0 spiro atoms. The minimum atomic E-state index is -0.569. The highest BCUT2D eigenvalue weighted by Gasteiger charge is 2.19. The maximum Gasteiger partial charge on any atom is 0.345 e. The third-order valence-corrected chi connectivity index (χ3v) is 4.71. The summed E-state index contributed by atoms with van der Waals surface area (Å²) in [6.07, 6.45) is 3.95. The molecule has 0 aliphatic carbocycles. The zero-order valence-corrected chi connectivity index (χ0v) is 17.8. The third-order valence-electron chi connectivity index (χ3n) is 4.71. The summed E-state index contributed by atoms with van der Waals surface area (Å²) in [5.74, 6) is -0.794. The monoisotopic (exact) mass is 419 g/mol. The summed E-state index contributed by atoms with van der Waals surface area (Å²) in [4.78, 5) is 33.7. The minimum absolute atomic E-state index is 0.162. The highest BCUT2D eigenvalue weighted by molar-refractivity contribution is 5.94. The number of hydrogen-bond acceptors (Lipinski definition) is 7. The predicted octanol–water partition coefficient (Wildman–Crippen LogP) is 3.68. The number of likely N-dealkylation sites (N-methyl/N-ethyl adjacent to an activating group) is 1. The van der Waals surface area contributed by atoms with Gasteiger partial charge in [0.2, 0.25) is 0 Å². The Hall–Kier alpha value is -3.58. The van der Waals surface area contributed by atoms with Crippen LogP contribution in [0.5, 0.6) is 11.5 Å². The van der Waals surface area contributed by atoms with Gasteiger partial charge in [0.15, 0.2) is 11.5 Å². The number of carbonyl (C=O) groups excluding carboxylic acids is 2. The molecule has 0 bridgehead atoms. The van der Waals surface area contributed by atoms with Gasteiger partial charge in [-0.1, -0.05) is 13.0 Å². The molecule has 0 amide bonds. The van der Waals surface area contributed by atoms with Crippen LogP contribution >= 0.6 is 0 Å². The Balaban J connectivity index is 1.88. The average Bonchev–Trinajstić information content (AvgIpc) is 2.76. The molecule has 2 aromatic heterocycles. The van der Waals surface area contributed by atoms with Crippen LogP contribution in [0.4, 0.5) is 0 Å². The molecule has 0 unspecified atom stereocenters. The van der Waals surface area contributed by atoms with Crippen LogP contribution in [0.15, 0.2) is 54.9 Å². The molecule has 1 N–H and O–H groups in total. The molecule has 31 heavy (non-hydrogen) atoms. The lowest BCUT2D eigenvalue weighted by atomic mass is 10.1. The van der Waals surface area contributed by atoms with Crippen molar-refractivity contribution in [2.24, 2.45) is 0 Å². The van der Waals surface area contributed by atoms with Crippen molar-refractivity contribution in [3.05, 3.63) is 82.9 Å². The fraction of sp³-hybridized carbons (Fsp3) is 0.250. The molecule has 3 aromatic rings. The van der Waals surface area contributed by atoms with Crippen molar-refractivity contribution in [1.29, 1.82) is 0 Å². The van der Waals surface area contributed by atoms with E-state index in [-0.39, 0.29) is 11.5 Å². The smallest absolute Gasteiger partial charge is 0.345 e. The van der Waals surface area contributed by atoms with Crippen molar-refractivity contribution in [3.8, 4) is 11.5 Å². The molecule has 0 saturated heterocycles. The largest absolute Gasteiger partial charge is 0.419 e. The first-order valence-electron chi connectivity index (χ1n) is 10.1. The fourth-order valence-corrected chi connectivity index (χ4v) is 2.99. The number of rotatable bonds is 8. The lowest BCUT2D eigenvalue weighted by Gasteiger charge is -2.13. The number of nitrogens with one attached hydrogen (secondary N) is 1. The molecule has 7 nitrogen and oxygen atoms in total. The summed E-state index contributed by atoms with van der Waals surface area (Å²) >= 11 is 0. The van der Waals surface area contributed by atoms with Crippen molar-refractivity contribution in [2.75, 3.05) is 13.1 Å². The summed E-state index contributed by atoms with van der Waals surface area (Å²) in [5.41, 5.74) is 2.75. The second-order valence-electron chi connectivity index (χ2n) is 6.94. The van der Waals surface area contributed by atoms with E-state index in [0.29, 0.717) is 22.5 Å². The number of benzene rings is 1. The molecule has 160 valence electrons. The topological polar surface area (TPSA) is 90.4 Å². The molecule has 0 atom stereocenters. The Bertz CT molecular complexity index is 1080. The van der Waals surface area contributed by atoms with E-state index in [4.69, 9.17) is 9.47 Å². The fourth-order valence-electron chi connectivity index (χ4n) is 2.99. The minimum Gasteiger partial charge on any atom is -0.419 e. The van der Waals surface area contributed by atoms with E-state index in [1.54, 1.807) is 62.6 Å². The van der Waals surface area contributed by atoms with Gasteiger partial charge in [0, 0.05) is 12.4 Å². The first kappa shape index (κ1) is 22.1. The van der Waals surface area contributed by atoms with E-state index >= 15 is 0 Å². The molecule has 0 fully saturated rings. The third kappa shape index (κ3) is 5.73. The first-order chi connectivity index (χ1) is 15.0. The molecule has 2 heterocycles. The van der Waals surface area contributed by atoms with Gasteiger partial charge in [-0.2, -0.15) is 0 Å². The second-order valence-corrected chi connectivity index (χ2v) is 6.94. The van der Waals surface area contributed by atoms with Gasteiger partial charge in [-0.15, -0.1) is 0 Å². The van der Waals surface area contributed by atoms with Gasteiger partial charge in [-0.05, 0) is 75.3 Å². The van der Waals surface area contributed by atoms with E-state index in [9.17, 15) is 9.59 Å². The molecule has 1 aromatic carbocycles. The number of aryl methyl sites for hydroxylation is 2. The predicted molar refractivity (Wildman–Crippen MR) is 117 cm³/mol. The standard InChI is InChI=1S/C24H25N3O4/c1-4-25-14-11-18-9-10-21(30-23(28)19-7-5-12-26-16(19)2)22(15-18)31-24(29)20-8-6-13-27-17(20)3/h5-10,12-13,15,25H,4,11,14H2,1-3H3. The summed E-state index contributed by atoms with van der Waals surface area (Å²) in [6, 6.07) is 11.8. The summed E-state index contributed by atoms with van der Waals surface area (Å²) < 4.78 is 11.2. The molecular formula is C24H25N3O4. The van der Waals surface area contributed by atoms with E-state index in [0.717, 1.165) is 25.1 Å². The first-order valence-corrected chi connectivity index (χ1v) is 10.1. The van der Waals surface area contributed by atoms with Gasteiger partial charge in [-0.25, -0.2) is 9.59 Å². The molecule has 3 rings (SSSR count). The number of nitrogens with zero attached hydrogens (tertiary/aromatic N) is 2. The zero-order valence-electron chi connectivity index (χ0n) is 17.8. The van der Waals surface area contributed by atoms with Crippen LogP contribution in [0.25, 0.3) is 0 Å². The summed E-state index contributed by atoms with van der Waals surface area (Å²) in [5, 5.41) is 3.26. The Morgan fingerprint density at radius 1 is 0.871 bits per heavy atom. The Morgan fingerprint density at radius 2 is 1.45 bits per heavy atom. The van der Waals surface area contributed by atoms with Crippen molar-refractivity contribution in [1.82, 2.24) is 15.3 Å². The van der Waals surface area contributed by atoms with Crippen molar-refractivity contribution in [2.45, 2.75) is 27.2 Å². The molecule has 0 saturated carbocycles. The van der Waals surface area contributed by atoms with Crippen LogP contribution in [-0.2, 0) is 6.42 Å². The van der Waals surface area contributed by atoms with Crippen molar-refractivity contribution >= 4 is 11.9 Å². The van der Waals surface area contributed by atoms with Crippen LogP contribution in [0.3, 0.4) is 0 Å². The Labute approximate surface area is 181 Å². The summed E-state index contributed by atoms with van der Waals surface area (Å²) in [6.45, 7) is 7.14. The highest BCUT2D eigenvalue weighted by Crippen LogP contribution is 2.30. The van der Waals surface area contributed by atoms with Crippen LogP contribution in [0.1, 0.15) is 44.6 Å². The van der Waals surface area contributed by atoms with Gasteiger partial charge in [-0.3, -0.25) is 9.97 Å². The van der Waals surface area contributed by atoms with Crippen LogP contribution < -0.4 is 14.8 Å². The molecule has 0 aliphatic rings. The Kier molecular flexibility index (Phi) is 7.45. The molecule has 7 heteroatoms. The number of carbonyl (C=O) groups is 2. The normalized spacial score (nSPS) is 10.5. The van der Waals surface area contributed by atoms with Gasteiger partial charge < -0.3 is 14.8 Å². The van der Waals surface area contributed by atoms with Gasteiger partial charge in [0.25, 0.3) is 0 Å². The van der Waals surface area contributed by atoms with E-state index in [1.165, 1.54) is 0 Å². The van der Waals surface area contributed by atoms with Gasteiger partial charge in [0.05, 0.1) is 22.5 Å². The van der Waals surface area contributed by atoms with E-state index < -0.39 is 11.9 Å². The van der Waals surface area contributed by atoms with E-state index in [1.807, 2.05) is 13.0 Å². The van der Waals surface area contributed by atoms with Crippen molar-refractivity contribution in [3.63, 3.8) is 0 Å². The number of aromatic nitrogens is 2. The Morgan fingerprint density at radius 3 is 2.00 bits per heavy atom. The van der Waals surface area contributed by atoms with Crippen LogP contribution in [-0.4, -0.2) is 35.0 Å². The second kappa shape index (κ2) is 10.4. The highest BCUT2D eigenvalue weighted by atomic mass is 16.6. The number of ether oxygens (including phenoxy) is 2. The zero-order chi connectivity index (χ0) is 22.2. The number of esters is 2. The van der Waals surface area contributed by atoms with Crippen LogP contribution in [0, 0.1) is 13.8 Å². The molecule has 0 radical (unpaired) electrons. The lowest BCUT2D eigenvalue weighted by Crippen LogP contribution is -2.17. The quantitative estimate of drug-likeness (QED) is 0.338. The van der Waals surface area contributed by atoms with Gasteiger partial charge in [0.1, 0.15) is 0 Å². The summed E-state index contributed by atoms with van der Waals surface area (Å²) in [7, 11) is 0. The van der Waals surface area contributed by atoms with Crippen molar-refractivity contribution < 1.29 is 19.1 Å². The maximum absolute atomic E-state index is 12.7. The lowest BCUT2D eigenvalue weighted by molar-refractivity contribution is 0.0680. The number of hydrogen-bond donors (Lipinski definition) is 1. The maximum atomic E-state index is 12.7. The number of pyridine rings is 2. The molecular weight excluding hydrogens is 394 g/mol. The van der Waals surface area contributed by atoms with E-state index in [2.05, 4.69) is 15.3 Å². The SMILES string of the molecule is CCNCCc1ccc(OC(=O)c2cccnc2C)c(OC(=O)c2cccnc2C)c1.